The number of nitrogens with one attached hydrogen (secondary N) is 1. The van der Waals surface area contributed by atoms with Gasteiger partial charge in [0.1, 0.15) is 0 Å². The van der Waals surface area contributed by atoms with Gasteiger partial charge in [-0.05, 0) is 29.8 Å². The summed E-state index contributed by atoms with van der Waals surface area (Å²) in [5.74, 6) is -0.254. The zero-order chi connectivity index (χ0) is 14.7. The van der Waals surface area contributed by atoms with E-state index in [2.05, 4.69) is 5.32 Å². The van der Waals surface area contributed by atoms with Crippen LogP contribution in [0.4, 0.5) is 14.5 Å². The zero-order valence-corrected chi connectivity index (χ0v) is 11.4. The third kappa shape index (κ3) is 3.24. The zero-order valence-electron chi connectivity index (χ0n) is 11.4. The van der Waals surface area contributed by atoms with Crippen molar-refractivity contribution in [2.24, 2.45) is 0 Å². The molecule has 0 amide bonds. The highest BCUT2D eigenvalue weighted by Gasteiger charge is 2.10. The van der Waals surface area contributed by atoms with Crippen molar-refractivity contribution in [2.75, 3.05) is 18.5 Å². The third-order valence-electron chi connectivity index (χ3n) is 3.23. The van der Waals surface area contributed by atoms with Gasteiger partial charge in [0.2, 0.25) is 0 Å². The predicted molar refractivity (Wildman–Crippen MR) is 75.7 cm³/mol. The fraction of sp³-hybridized carbons (Fsp3) is 0.250. The van der Waals surface area contributed by atoms with Gasteiger partial charge in [-0.1, -0.05) is 6.07 Å². The summed E-state index contributed by atoms with van der Waals surface area (Å²) in [6.45, 7) is 1.67. The minimum Gasteiger partial charge on any atom is -0.490 e. The summed E-state index contributed by atoms with van der Waals surface area (Å²) in [7, 11) is 0. The Kier molecular flexibility index (Phi) is 3.90. The van der Waals surface area contributed by atoms with Crippen molar-refractivity contribution in [3.8, 4) is 11.5 Å². The molecule has 1 aliphatic rings. The quantitative estimate of drug-likeness (QED) is 0.934. The lowest BCUT2D eigenvalue weighted by atomic mass is 10.2. The number of ether oxygens (including phenoxy) is 2. The third-order valence-corrected chi connectivity index (χ3v) is 3.23. The lowest BCUT2D eigenvalue weighted by molar-refractivity contribution is 0.297. The van der Waals surface area contributed by atoms with E-state index in [0.717, 1.165) is 23.9 Å². The Hall–Kier alpha value is -2.30. The Labute approximate surface area is 121 Å². The van der Waals surface area contributed by atoms with Gasteiger partial charge >= 0.3 is 0 Å². The molecule has 0 aromatic heterocycles. The van der Waals surface area contributed by atoms with Gasteiger partial charge in [-0.15, -0.1) is 0 Å². The monoisotopic (exact) mass is 291 g/mol. The topological polar surface area (TPSA) is 30.5 Å². The fourth-order valence-corrected chi connectivity index (χ4v) is 2.13. The molecule has 3 rings (SSSR count). The van der Waals surface area contributed by atoms with Crippen molar-refractivity contribution in [2.45, 2.75) is 13.0 Å². The normalized spacial score (nSPS) is 13.6. The molecular weight excluding hydrogens is 276 g/mol. The average molecular weight is 291 g/mol. The number of anilines is 1. The summed E-state index contributed by atoms with van der Waals surface area (Å²) in [5.41, 5.74) is 1.50. The first-order chi connectivity index (χ1) is 10.2. The number of rotatable bonds is 3. The molecule has 0 saturated heterocycles. The van der Waals surface area contributed by atoms with E-state index >= 15 is 0 Å². The summed E-state index contributed by atoms with van der Waals surface area (Å²) < 4.78 is 37.2. The van der Waals surface area contributed by atoms with Crippen LogP contribution >= 0.6 is 0 Å². The van der Waals surface area contributed by atoms with E-state index in [4.69, 9.17) is 9.47 Å². The Morgan fingerprint density at radius 1 is 0.905 bits per heavy atom. The van der Waals surface area contributed by atoms with E-state index in [9.17, 15) is 8.78 Å². The van der Waals surface area contributed by atoms with Crippen LogP contribution in [0.25, 0.3) is 0 Å². The van der Waals surface area contributed by atoms with Crippen LogP contribution in [-0.4, -0.2) is 13.2 Å². The molecule has 1 N–H and O–H groups in total. The van der Waals surface area contributed by atoms with Crippen LogP contribution in [0, 0.1) is 11.6 Å². The first-order valence-corrected chi connectivity index (χ1v) is 6.80. The molecule has 21 heavy (non-hydrogen) atoms. The van der Waals surface area contributed by atoms with Gasteiger partial charge in [-0.3, -0.25) is 0 Å². The van der Waals surface area contributed by atoms with Gasteiger partial charge in [0, 0.05) is 24.7 Å². The molecule has 0 unspecified atom stereocenters. The minimum absolute atomic E-state index is 0.400. The molecule has 0 atom stereocenters. The maximum absolute atomic E-state index is 13.1. The molecule has 3 nitrogen and oxygen atoms in total. The van der Waals surface area contributed by atoms with Crippen LogP contribution in [0.2, 0.25) is 0 Å². The molecule has 110 valence electrons. The highest BCUT2D eigenvalue weighted by Crippen LogP contribution is 2.32. The van der Waals surface area contributed by atoms with Crippen molar-refractivity contribution in [1.29, 1.82) is 0 Å². The number of hydrogen-bond donors (Lipinski definition) is 1. The Morgan fingerprint density at radius 2 is 1.71 bits per heavy atom. The molecule has 0 aliphatic carbocycles. The molecular formula is C16H15F2NO2. The summed E-state index contributed by atoms with van der Waals surface area (Å²) in [4.78, 5) is 0. The second-order valence-electron chi connectivity index (χ2n) is 4.81. The fourth-order valence-electron chi connectivity index (χ4n) is 2.13. The average Bonchev–Trinajstić information content (AvgIpc) is 2.73. The van der Waals surface area contributed by atoms with Gasteiger partial charge in [0.05, 0.1) is 13.2 Å². The van der Waals surface area contributed by atoms with Crippen LogP contribution in [0.3, 0.4) is 0 Å². The van der Waals surface area contributed by atoms with E-state index in [0.29, 0.717) is 31.1 Å². The second-order valence-corrected chi connectivity index (χ2v) is 4.81. The molecule has 0 spiro atoms. The number of fused-ring (bicyclic) bond motifs is 1. The molecule has 0 fully saturated rings. The van der Waals surface area contributed by atoms with Gasteiger partial charge < -0.3 is 14.8 Å². The highest BCUT2D eigenvalue weighted by atomic mass is 19.2. The Morgan fingerprint density at radius 3 is 2.52 bits per heavy atom. The van der Waals surface area contributed by atoms with Gasteiger partial charge in [-0.25, -0.2) is 8.78 Å². The van der Waals surface area contributed by atoms with Crippen molar-refractivity contribution >= 4 is 5.69 Å². The maximum atomic E-state index is 13.1. The summed E-state index contributed by atoms with van der Waals surface area (Å²) >= 11 is 0. The summed E-state index contributed by atoms with van der Waals surface area (Å²) in [5, 5.41) is 3.15. The minimum atomic E-state index is -0.840. The van der Waals surface area contributed by atoms with E-state index in [1.165, 1.54) is 6.07 Å². The summed E-state index contributed by atoms with van der Waals surface area (Å²) in [6, 6.07) is 9.42. The first kappa shape index (κ1) is 13.7. The van der Waals surface area contributed by atoms with E-state index in [1.54, 1.807) is 6.07 Å². The lowest BCUT2D eigenvalue weighted by Gasteiger charge is -2.11. The van der Waals surface area contributed by atoms with E-state index < -0.39 is 11.6 Å². The molecule has 5 heteroatoms. The Bertz CT molecular complexity index is 646. The lowest BCUT2D eigenvalue weighted by Crippen LogP contribution is -2.01. The second kappa shape index (κ2) is 5.99. The molecule has 0 saturated carbocycles. The molecule has 1 aliphatic heterocycles. The molecule has 0 radical (unpaired) electrons. The first-order valence-electron chi connectivity index (χ1n) is 6.80. The smallest absolute Gasteiger partial charge is 0.163 e. The highest BCUT2D eigenvalue weighted by molar-refractivity contribution is 5.55. The molecule has 2 aromatic carbocycles. The van der Waals surface area contributed by atoms with Crippen LogP contribution in [-0.2, 0) is 6.54 Å². The van der Waals surface area contributed by atoms with E-state index in [1.807, 2.05) is 18.2 Å². The van der Waals surface area contributed by atoms with Crippen molar-refractivity contribution in [3.63, 3.8) is 0 Å². The molecule has 1 heterocycles. The Balaban J connectivity index is 1.70. The van der Waals surface area contributed by atoms with Crippen LogP contribution in [0.15, 0.2) is 36.4 Å². The van der Waals surface area contributed by atoms with Crippen LogP contribution in [0.5, 0.6) is 11.5 Å². The number of halogens is 2. The number of hydrogen-bond acceptors (Lipinski definition) is 3. The van der Waals surface area contributed by atoms with Gasteiger partial charge in [0.15, 0.2) is 23.1 Å². The standard InChI is InChI=1S/C16H15F2NO2/c17-13-4-2-11(8-14(13)18)10-19-12-3-5-15-16(9-12)21-7-1-6-20-15/h2-5,8-9,19H,1,6-7,10H2. The van der Waals surface area contributed by atoms with Crippen molar-refractivity contribution in [1.82, 2.24) is 0 Å². The largest absolute Gasteiger partial charge is 0.490 e. The number of benzene rings is 2. The maximum Gasteiger partial charge on any atom is 0.163 e. The molecule has 2 aromatic rings. The van der Waals surface area contributed by atoms with Gasteiger partial charge in [-0.2, -0.15) is 0 Å². The molecule has 0 bridgehead atoms. The van der Waals surface area contributed by atoms with Crippen LogP contribution < -0.4 is 14.8 Å². The predicted octanol–water partition coefficient (Wildman–Crippen LogP) is 3.74. The van der Waals surface area contributed by atoms with Crippen molar-refractivity contribution < 1.29 is 18.3 Å². The van der Waals surface area contributed by atoms with E-state index in [-0.39, 0.29) is 0 Å². The summed E-state index contributed by atoms with van der Waals surface area (Å²) in [6.07, 6.45) is 0.853. The van der Waals surface area contributed by atoms with Crippen LogP contribution in [0.1, 0.15) is 12.0 Å². The van der Waals surface area contributed by atoms with Crippen molar-refractivity contribution in [3.05, 3.63) is 53.6 Å². The van der Waals surface area contributed by atoms with Gasteiger partial charge in [0.25, 0.3) is 0 Å². The SMILES string of the molecule is Fc1ccc(CNc2ccc3c(c2)OCCCO3)cc1F.